The first-order valence-electron chi connectivity index (χ1n) is 7.62. The van der Waals surface area contributed by atoms with E-state index >= 15 is 0 Å². The molecule has 0 saturated carbocycles. The van der Waals surface area contributed by atoms with Gasteiger partial charge in [0.05, 0.1) is 16.2 Å². The van der Waals surface area contributed by atoms with E-state index in [9.17, 15) is 26.4 Å². The molecule has 0 bridgehead atoms. The molecule has 0 aliphatic rings. The van der Waals surface area contributed by atoms with Crippen LogP contribution in [0.2, 0.25) is 0 Å². The predicted octanol–water partition coefficient (Wildman–Crippen LogP) is 3.48. The topological polar surface area (TPSA) is 67.3 Å². The van der Waals surface area contributed by atoms with Gasteiger partial charge in [0.25, 0.3) is 5.91 Å². The number of sulfone groups is 1. The van der Waals surface area contributed by atoms with Gasteiger partial charge in [0.2, 0.25) is 0 Å². The van der Waals surface area contributed by atoms with E-state index in [1.165, 1.54) is 45.3 Å². The summed E-state index contributed by atoms with van der Waals surface area (Å²) in [6.07, 6.45) is -3.31. The molecule has 1 aromatic heterocycles. The molecule has 1 heterocycles. The van der Waals surface area contributed by atoms with Gasteiger partial charge in [-0.05, 0) is 42.8 Å². The fourth-order valence-corrected chi connectivity index (χ4v) is 3.39. The molecule has 0 aliphatic carbocycles. The molecule has 0 radical (unpaired) electrons. The van der Waals surface area contributed by atoms with Crippen LogP contribution < -0.4 is 4.90 Å². The molecule has 0 N–H and O–H groups in total. The summed E-state index contributed by atoms with van der Waals surface area (Å²) in [4.78, 5) is 17.3. The minimum absolute atomic E-state index is 0.00664. The average molecular weight is 386 g/mol. The van der Waals surface area contributed by atoms with Gasteiger partial charge >= 0.3 is 6.18 Å². The molecule has 0 saturated heterocycles. The highest BCUT2D eigenvalue weighted by Gasteiger charge is 2.32. The van der Waals surface area contributed by atoms with E-state index in [0.717, 1.165) is 17.0 Å². The Morgan fingerprint density at radius 1 is 1.23 bits per heavy atom. The normalized spacial score (nSPS) is 12.1. The van der Waals surface area contributed by atoms with E-state index in [0.29, 0.717) is 5.56 Å². The number of pyridine rings is 1. The lowest BCUT2D eigenvalue weighted by atomic mass is 10.1. The first-order valence-corrected chi connectivity index (χ1v) is 9.27. The summed E-state index contributed by atoms with van der Waals surface area (Å²) in [5, 5.41) is 0. The Morgan fingerprint density at radius 3 is 2.46 bits per heavy atom. The van der Waals surface area contributed by atoms with Gasteiger partial charge in [0, 0.05) is 18.9 Å². The molecule has 2 aromatic rings. The average Bonchev–Trinajstić information content (AvgIpc) is 2.59. The van der Waals surface area contributed by atoms with Crippen molar-refractivity contribution in [3.63, 3.8) is 0 Å². The zero-order valence-corrected chi connectivity index (χ0v) is 15.1. The maximum Gasteiger partial charge on any atom is 0.416 e. The Balaban J connectivity index is 2.52. The van der Waals surface area contributed by atoms with Gasteiger partial charge in [-0.15, -0.1) is 0 Å². The Hall–Kier alpha value is -2.42. The number of carbonyl (C=O) groups excluding carboxylic acids is 1. The minimum atomic E-state index is -4.56. The van der Waals surface area contributed by atoms with Crippen molar-refractivity contribution in [3.8, 4) is 0 Å². The van der Waals surface area contributed by atoms with E-state index in [4.69, 9.17) is 0 Å². The summed E-state index contributed by atoms with van der Waals surface area (Å²) < 4.78 is 63.4. The Labute approximate surface area is 149 Å². The lowest BCUT2D eigenvalue weighted by Gasteiger charge is -2.20. The summed E-state index contributed by atoms with van der Waals surface area (Å²) in [6, 6.07) is 5.85. The number of alkyl halides is 3. The highest BCUT2D eigenvalue weighted by atomic mass is 32.2. The van der Waals surface area contributed by atoms with Crippen molar-refractivity contribution in [2.24, 2.45) is 0 Å². The Morgan fingerprint density at radius 2 is 1.88 bits per heavy atom. The van der Waals surface area contributed by atoms with Gasteiger partial charge in [0.15, 0.2) is 9.84 Å². The molecule has 0 fully saturated rings. The molecule has 0 spiro atoms. The number of anilines is 1. The van der Waals surface area contributed by atoms with Crippen LogP contribution >= 0.6 is 0 Å². The third-order valence-electron chi connectivity index (χ3n) is 3.77. The number of aromatic nitrogens is 1. The van der Waals surface area contributed by atoms with Crippen molar-refractivity contribution in [1.29, 1.82) is 0 Å². The molecule has 0 unspecified atom stereocenters. The molecule has 26 heavy (non-hydrogen) atoms. The zero-order valence-electron chi connectivity index (χ0n) is 14.3. The van der Waals surface area contributed by atoms with Crippen LogP contribution in [0, 0.1) is 6.92 Å². The van der Waals surface area contributed by atoms with Crippen molar-refractivity contribution in [2.75, 3.05) is 17.7 Å². The first-order chi connectivity index (χ1) is 12.0. The van der Waals surface area contributed by atoms with Gasteiger partial charge in [0.1, 0.15) is 5.69 Å². The SMILES string of the molecule is CCS(=O)(=O)c1cccnc1C(=O)N(C)c1cc(C)cc(C(F)(F)F)c1. The lowest BCUT2D eigenvalue weighted by Crippen LogP contribution is -2.29. The molecular weight excluding hydrogens is 369 g/mol. The number of aryl methyl sites for hydroxylation is 1. The van der Waals surface area contributed by atoms with Crippen molar-refractivity contribution >= 4 is 21.4 Å². The van der Waals surface area contributed by atoms with Crippen LogP contribution in [0.1, 0.15) is 28.5 Å². The molecule has 0 aliphatic heterocycles. The third-order valence-corrected chi connectivity index (χ3v) is 5.53. The van der Waals surface area contributed by atoms with Crippen LogP contribution in [-0.2, 0) is 16.0 Å². The van der Waals surface area contributed by atoms with Crippen LogP contribution in [0.5, 0.6) is 0 Å². The zero-order chi connectivity index (χ0) is 19.7. The summed E-state index contributed by atoms with van der Waals surface area (Å²) in [5.41, 5.74) is -0.911. The van der Waals surface area contributed by atoms with Crippen molar-refractivity contribution in [1.82, 2.24) is 4.98 Å². The highest BCUT2D eigenvalue weighted by Crippen LogP contribution is 2.33. The van der Waals surface area contributed by atoms with Crippen molar-refractivity contribution in [2.45, 2.75) is 24.9 Å². The molecular formula is C17H17F3N2O3S. The monoisotopic (exact) mass is 386 g/mol. The highest BCUT2D eigenvalue weighted by molar-refractivity contribution is 7.91. The standard InChI is InChI=1S/C17H17F3N2O3S/c1-4-26(24,25)14-6-5-7-21-15(14)16(23)22(3)13-9-11(2)8-12(10-13)17(18,19)20/h5-10H,4H2,1-3H3. The fraction of sp³-hybridized carbons (Fsp3) is 0.294. The molecule has 9 heteroatoms. The smallest absolute Gasteiger partial charge is 0.310 e. The second-order valence-corrected chi connectivity index (χ2v) is 7.92. The van der Waals surface area contributed by atoms with Gasteiger partial charge in [-0.3, -0.25) is 4.79 Å². The predicted molar refractivity (Wildman–Crippen MR) is 90.9 cm³/mol. The van der Waals surface area contributed by atoms with Gasteiger partial charge in [-0.2, -0.15) is 13.2 Å². The third kappa shape index (κ3) is 4.04. The van der Waals surface area contributed by atoms with Crippen LogP contribution in [0.25, 0.3) is 0 Å². The van der Waals surface area contributed by atoms with Gasteiger partial charge in [-0.25, -0.2) is 13.4 Å². The number of hydrogen-bond donors (Lipinski definition) is 0. The molecule has 1 amide bonds. The molecule has 140 valence electrons. The number of benzene rings is 1. The molecule has 5 nitrogen and oxygen atoms in total. The first kappa shape index (κ1) is 19.9. The quantitative estimate of drug-likeness (QED) is 0.807. The summed E-state index contributed by atoms with van der Waals surface area (Å²) in [7, 11) is -2.45. The van der Waals surface area contributed by atoms with Gasteiger partial charge in [-0.1, -0.05) is 6.92 Å². The second-order valence-electron chi connectivity index (χ2n) is 5.67. The van der Waals surface area contributed by atoms with Crippen LogP contribution in [0.3, 0.4) is 0 Å². The maximum absolute atomic E-state index is 13.0. The Bertz CT molecular complexity index is 941. The van der Waals surface area contributed by atoms with E-state index in [1.54, 1.807) is 0 Å². The molecule has 2 rings (SSSR count). The number of rotatable bonds is 4. The fourth-order valence-electron chi connectivity index (χ4n) is 2.35. The van der Waals surface area contributed by atoms with Crippen LogP contribution in [0.4, 0.5) is 18.9 Å². The van der Waals surface area contributed by atoms with Crippen molar-refractivity contribution < 1.29 is 26.4 Å². The van der Waals surface area contributed by atoms with E-state index < -0.39 is 27.5 Å². The number of halogens is 3. The van der Waals surface area contributed by atoms with E-state index in [1.807, 2.05) is 0 Å². The number of carbonyl (C=O) groups is 1. The second kappa shape index (κ2) is 7.06. The minimum Gasteiger partial charge on any atom is -0.310 e. The van der Waals surface area contributed by atoms with Crippen LogP contribution in [0.15, 0.2) is 41.4 Å². The molecule has 0 atom stereocenters. The van der Waals surface area contributed by atoms with Gasteiger partial charge < -0.3 is 4.90 Å². The van der Waals surface area contributed by atoms with E-state index in [2.05, 4.69) is 4.98 Å². The largest absolute Gasteiger partial charge is 0.416 e. The lowest BCUT2D eigenvalue weighted by molar-refractivity contribution is -0.137. The number of hydrogen-bond acceptors (Lipinski definition) is 4. The van der Waals surface area contributed by atoms with Crippen LogP contribution in [-0.4, -0.2) is 32.1 Å². The molecule has 1 aromatic carbocycles. The maximum atomic E-state index is 13.0. The number of amides is 1. The Kier molecular flexibility index (Phi) is 5.41. The summed E-state index contributed by atoms with van der Waals surface area (Å²) >= 11 is 0. The van der Waals surface area contributed by atoms with Crippen molar-refractivity contribution in [3.05, 3.63) is 53.3 Å². The van der Waals surface area contributed by atoms with E-state index in [-0.39, 0.29) is 22.0 Å². The summed E-state index contributed by atoms with van der Waals surface area (Å²) in [6.45, 7) is 2.90. The summed E-state index contributed by atoms with van der Waals surface area (Å²) in [5.74, 6) is -1.04. The number of nitrogens with zero attached hydrogens (tertiary/aromatic N) is 2.